The number of hydrogen-bond acceptors (Lipinski definition) is 8. The summed E-state index contributed by atoms with van der Waals surface area (Å²) in [5, 5.41) is 33.9. The third-order valence-electron chi connectivity index (χ3n) is 10.3. The van der Waals surface area contributed by atoms with Gasteiger partial charge in [-0.2, -0.15) is 0 Å². The van der Waals surface area contributed by atoms with Gasteiger partial charge in [-0.05, 0) is 69.7 Å². The number of aliphatic hydroxyl groups excluding tert-OH is 2. The van der Waals surface area contributed by atoms with Gasteiger partial charge in [0.1, 0.15) is 0 Å². The van der Waals surface area contributed by atoms with Crippen molar-refractivity contribution in [2.24, 2.45) is 29.4 Å². The van der Waals surface area contributed by atoms with Crippen LogP contribution in [-0.4, -0.2) is 105 Å². The average Bonchev–Trinajstić information content (AvgIpc) is 3.61. The van der Waals surface area contributed by atoms with Gasteiger partial charge >= 0.3 is 0 Å². The normalized spacial score (nSPS) is 24.6. The summed E-state index contributed by atoms with van der Waals surface area (Å²) in [6.45, 7) is 14.6. The maximum Gasteiger partial charge on any atom is 0.0677 e. The first kappa shape index (κ1) is 37.9. The van der Waals surface area contributed by atoms with E-state index in [1.807, 2.05) is 6.92 Å². The van der Waals surface area contributed by atoms with E-state index in [-0.39, 0.29) is 18.7 Å². The van der Waals surface area contributed by atoms with Gasteiger partial charge in [0.15, 0.2) is 0 Å². The Kier molecular flexibility index (Phi) is 20.0. The molecule has 42 heavy (non-hydrogen) atoms. The van der Waals surface area contributed by atoms with Crippen LogP contribution in [0.25, 0.3) is 0 Å². The SMILES string of the molecule is CCCCCCC[C@@H](C)CN(C)[C@@H](CCC)CNC(CN[C@@H](CN)CN[C@@H](CNCCO)[C@H](C)O)C1CC2CCC1C2. The van der Waals surface area contributed by atoms with Crippen molar-refractivity contribution in [3.8, 4) is 0 Å². The lowest BCUT2D eigenvalue weighted by molar-refractivity contribution is 0.140. The van der Waals surface area contributed by atoms with Crippen molar-refractivity contribution in [1.29, 1.82) is 0 Å². The molecular formula is C34H72N6O2. The van der Waals surface area contributed by atoms with E-state index in [1.165, 1.54) is 83.6 Å². The van der Waals surface area contributed by atoms with E-state index in [2.05, 4.69) is 54.0 Å². The van der Waals surface area contributed by atoms with Crippen LogP contribution in [0.1, 0.15) is 105 Å². The molecule has 9 atom stereocenters. The second-order valence-corrected chi connectivity index (χ2v) is 14.1. The van der Waals surface area contributed by atoms with Gasteiger partial charge in [-0.25, -0.2) is 0 Å². The van der Waals surface area contributed by atoms with Crippen LogP contribution >= 0.6 is 0 Å². The van der Waals surface area contributed by atoms with Gasteiger partial charge in [-0.3, -0.25) is 0 Å². The number of nitrogens with two attached hydrogens (primary N) is 1. The summed E-state index contributed by atoms with van der Waals surface area (Å²) in [7, 11) is 2.35. The first-order valence-electron chi connectivity index (χ1n) is 17.9. The maximum atomic E-state index is 10.2. The van der Waals surface area contributed by atoms with E-state index in [0.717, 1.165) is 36.8 Å². The summed E-state index contributed by atoms with van der Waals surface area (Å²) in [6, 6.07) is 1.12. The van der Waals surface area contributed by atoms with Gasteiger partial charge in [0.25, 0.3) is 0 Å². The van der Waals surface area contributed by atoms with Gasteiger partial charge in [0.05, 0.1) is 12.7 Å². The molecule has 0 spiro atoms. The molecule has 0 amide bonds. The predicted molar refractivity (Wildman–Crippen MR) is 179 cm³/mol. The first-order valence-corrected chi connectivity index (χ1v) is 17.9. The first-order chi connectivity index (χ1) is 20.3. The predicted octanol–water partition coefficient (Wildman–Crippen LogP) is 3.32. The molecule has 8 nitrogen and oxygen atoms in total. The highest BCUT2D eigenvalue weighted by Crippen LogP contribution is 2.49. The van der Waals surface area contributed by atoms with Crippen LogP contribution in [0.2, 0.25) is 0 Å². The monoisotopic (exact) mass is 597 g/mol. The second-order valence-electron chi connectivity index (χ2n) is 14.1. The van der Waals surface area contributed by atoms with E-state index >= 15 is 0 Å². The van der Waals surface area contributed by atoms with Gasteiger partial charge in [0.2, 0.25) is 0 Å². The smallest absolute Gasteiger partial charge is 0.0677 e. The zero-order valence-corrected chi connectivity index (χ0v) is 28.3. The summed E-state index contributed by atoms with van der Waals surface area (Å²) in [5.41, 5.74) is 6.22. The highest BCUT2D eigenvalue weighted by atomic mass is 16.3. The Labute approximate surface area is 260 Å². The molecule has 0 heterocycles. The van der Waals surface area contributed by atoms with E-state index in [9.17, 15) is 5.11 Å². The van der Waals surface area contributed by atoms with Crippen molar-refractivity contribution >= 4 is 0 Å². The van der Waals surface area contributed by atoms with Crippen molar-refractivity contribution in [3.63, 3.8) is 0 Å². The van der Waals surface area contributed by atoms with Crippen molar-refractivity contribution in [2.75, 3.05) is 59.5 Å². The Balaban J connectivity index is 1.91. The van der Waals surface area contributed by atoms with Crippen molar-refractivity contribution in [2.45, 2.75) is 135 Å². The van der Waals surface area contributed by atoms with Gasteiger partial charge in [-0.15, -0.1) is 0 Å². The molecule has 0 radical (unpaired) electrons. The zero-order chi connectivity index (χ0) is 30.7. The number of likely N-dealkylation sites (N-methyl/N-ethyl adjacent to an activating group) is 1. The molecule has 0 aliphatic heterocycles. The van der Waals surface area contributed by atoms with E-state index in [1.54, 1.807) is 0 Å². The molecule has 0 saturated heterocycles. The third-order valence-corrected chi connectivity index (χ3v) is 10.3. The molecule has 2 aliphatic carbocycles. The molecular weight excluding hydrogens is 524 g/mol. The lowest BCUT2D eigenvalue weighted by Gasteiger charge is -2.36. The van der Waals surface area contributed by atoms with Gasteiger partial charge < -0.3 is 42.1 Å². The largest absolute Gasteiger partial charge is 0.395 e. The van der Waals surface area contributed by atoms with Crippen LogP contribution < -0.4 is 27.0 Å². The fourth-order valence-electron chi connectivity index (χ4n) is 7.66. The standard InChI is InChI=1S/C34H72N6O2/c1-6-8-9-10-11-13-26(3)25-40(5)31(12-7-2)22-39-34(32-19-28-14-15-29(32)18-28)24-37-30(20-35)21-38-33(27(4)42)23-36-16-17-41/h26-34,36-39,41-42H,6-25,35H2,1-5H3/t26-,27+,28?,29?,30+,31+,32?,33+,34?/m1/s1. The Hall–Kier alpha value is -0.320. The number of rotatable bonds is 27. The zero-order valence-electron chi connectivity index (χ0n) is 28.3. The minimum atomic E-state index is -0.477. The van der Waals surface area contributed by atoms with Crippen LogP contribution in [0.3, 0.4) is 0 Å². The van der Waals surface area contributed by atoms with Crippen molar-refractivity contribution in [3.05, 3.63) is 0 Å². The molecule has 4 unspecified atom stereocenters. The Morgan fingerprint density at radius 2 is 1.67 bits per heavy atom. The summed E-state index contributed by atoms with van der Waals surface area (Å²) >= 11 is 0. The van der Waals surface area contributed by atoms with Crippen LogP contribution in [0.4, 0.5) is 0 Å². The van der Waals surface area contributed by atoms with E-state index < -0.39 is 6.10 Å². The van der Waals surface area contributed by atoms with Crippen molar-refractivity contribution in [1.82, 2.24) is 26.2 Å². The number of hydrogen-bond donors (Lipinski definition) is 7. The molecule has 8 heteroatoms. The molecule has 2 aliphatic rings. The Morgan fingerprint density at radius 1 is 0.881 bits per heavy atom. The number of unbranched alkanes of at least 4 members (excludes halogenated alkanes) is 4. The fourth-order valence-corrected chi connectivity index (χ4v) is 7.66. The molecule has 2 bridgehead atoms. The molecule has 2 saturated carbocycles. The highest BCUT2D eigenvalue weighted by Gasteiger charge is 2.43. The van der Waals surface area contributed by atoms with Crippen LogP contribution in [-0.2, 0) is 0 Å². The van der Waals surface area contributed by atoms with Gasteiger partial charge in [-0.1, -0.05) is 65.7 Å². The molecule has 0 aromatic carbocycles. The molecule has 2 fully saturated rings. The van der Waals surface area contributed by atoms with Crippen LogP contribution in [0.5, 0.6) is 0 Å². The minimum Gasteiger partial charge on any atom is -0.395 e. The summed E-state index contributed by atoms with van der Waals surface area (Å²) < 4.78 is 0. The van der Waals surface area contributed by atoms with Crippen molar-refractivity contribution < 1.29 is 10.2 Å². The molecule has 2 rings (SSSR count). The highest BCUT2D eigenvalue weighted by molar-refractivity contribution is 4.97. The second kappa shape index (κ2) is 22.2. The summed E-state index contributed by atoms with van der Waals surface area (Å²) in [5.74, 6) is 3.31. The number of aliphatic hydroxyl groups is 2. The van der Waals surface area contributed by atoms with E-state index in [0.29, 0.717) is 38.3 Å². The lowest BCUT2D eigenvalue weighted by atomic mass is 9.83. The van der Waals surface area contributed by atoms with Crippen LogP contribution in [0, 0.1) is 23.7 Å². The third kappa shape index (κ3) is 14.2. The topological polar surface area (TPSA) is 118 Å². The number of fused-ring (bicyclic) bond motifs is 2. The summed E-state index contributed by atoms with van der Waals surface area (Å²) in [4.78, 5) is 2.64. The molecule has 250 valence electrons. The number of nitrogens with one attached hydrogen (secondary N) is 4. The molecule has 0 aromatic heterocycles. The van der Waals surface area contributed by atoms with Crippen LogP contribution in [0.15, 0.2) is 0 Å². The fraction of sp³-hybridized carbons (Fsp3) is 1.00. The Bertz CT molecular complexity index is 656. The quantitative estimate of drug-likeness (QED) is 0.0723. The Morgan fingerprint density at radius 3 is 2.29 bits per heavy atom. The van der Waals surface area contributed by atoms with Gasteiger partial charge in [0, 0.05) is 70.0 Å². The molecule has 0 aromatic rings. The van der Waals surface area contributed by atoms with E-state index in [4.69, 9.17) is 10.8 Å². The number of nitrogens with zero attached hydrogens (tertiary/aromatic N) is 1. The lowest BCUT2D eigenvalue weighted by Crippen LogP contribution is -2.56. The molecule has 8 N–H and O–H groups in total. The maximum absolute atomic E-state index is 10.2. The average molecular weight is 597 g/mol. The minimum absolute atomic E-state index is 0.0732. The summed E-state index contributed by atoms with van der Waals surface area (Å²) in [6.07, 6.45) is 15.8.